The van der Waals surface area contributed by atoms with Crippen molar-refractivity contribution in [1.82, 2.24) is 0 Å². The van der Waals surface area contributed by atoms with Gasteiger partial charge in [0.1, 0.15) is 0 Å². The van der Waals surface area contributed by atoms with E-state index in [1.807, 2.05) is 30.3 Å². The summed E-state index contributed by atoms with van der Waals surface area (Å²) in [4.78, 5) is 22.0. The van der Waals surface area contributed by atoms with Gasteiger partial charge in [-0.25, -0.2) is 4.79 Å². The van der Waals surface area contributed by atoms with Crippen molar-refractivity contribution >= 4 is 11.8 Å². The quantitative estimate of drug-likeness (QED) is 0.447. The first-order valence-corrected chi connectivity index (χ1v) is 5.39. The fourth-order valence-corrected chi connectivity index (χ4v) is 1.09. The van der Waals surface area contributed by atoms with E-state index in [2.05, 4.69) is 28.4 Å². The lowest BCUT2D eigenvalue weighted by Gasteiger charge is -1.87. The van der Waals surface area contributed by atoms with Crippen molar-refractivity contribution in [2.45, 2.75) is 12.8 Å². The average molecular weight is 240 g/mol. The summed E-state index contributed by atoms with van der Waals surface area (Å²) in [5, 5.41) is 0. The van der Waals surface area contributed by atoms with Crippen LogP contribution in [0.15, 0.2) is 30.3 Å². The lowest BCUT2D eigenvalue weighted by atomic mass is 10.2. The van der Waals surface area contributed by atoms with Crippen LogP contribution in [0.2, 0.25) is 0 Å². The molecule has 0 fully saturated rings. The number of ketones is 1. The van der Waals surface area contributed by atoms with Gasteiger partial charge in [-0.05, 0) is 18.1 Å². The molecule has 3 nitrogen and oxygen atoms in total. The molecular weight excluding hydrogens is 228 g/mol. The van der Waals surface area contributed by atoms with Crippen LogP contribution < -0.4 is 0 Å². The maximum atomic E-state index is 11.4. The normalized spacial score (nSPS) is 8.28. The predicted octanol–water partition coefficient (Wildman–Crippen LogP) is 1.56. The number of esters is 1. The molecule has 0 aliphatic rings. The highest BCUT2D eigenvalue weighted by atomic mass is 16.5. The molecule has 18 heavy (non-hydrogen) atoms. The second-order valence-corrected chi connectivity index (χ2v) is 3.33. The largest absolute Gasteiger partial charge is 0.459 e. The zero-order chi connectivity index (χ0) is 13.2. The van der Waals surface area contributed by atoms with Crippen LogP contribution in [-0.4, -0.2) is 18.9 Å². The van der Waals surface area contributed by atoms with Crippen LogP contribution in [0.25, 0.3) is 0 Å². The molecule has 0 saturated carbocycles. The molecule has 0 aliphatic heterocycles. The Labute approximate surface area is 106 Å². The van der Waals surface area contributed by atoms with Crippen LogP contribution in [0.1, 0.15) is 18.4 Å². The van der Waals surface area contributed by atoms with E-state index in [1.54, 1.807) is 0 Å². The molecule has 0 unspecified atom stereocenters. The molecule has 0 aromatic heterocycles. The van der Waals surface area contributed by atoms with Gasteiger partial charge in [0.2, 0.25) is 5.78 Å². The van der Waals surface area contributed by atoms with Gasteiger partial charge in [0, 0.05) is 24.3 Å². The molecule has 0 atom stereocenters. The first-order valence-electron chi connectivity index (χ1n) is 5.39. The standard InChI is InChI=1S/C15H12O3/c1-18-15(17)10-6-5-9-14(16)12-11-13-7-3-2-4-8-13/h2-4,7-8H,5,9H2,1H3. The molecular formula is C15H12O3. The van der Waals surface area contributed by atoms with Gasteiger partial charge < -0.3 is 4.74 Å². The van der Waals surface area contributed by atoms with E-state index in [0.29, 0.717) is 6.42 Å². The molecule has 90 valence electrons. The Hall–Kier alpha value is -2.52. The van der Waals surface area contributed by atoms with Crippen molar-refractivity contribution < 1.29 is 14.3 Å². The maximum Gasteiger partial charge on any atom is 0.384 e. The van der Waals surface area contributed by atoms with E-state index >= 15 is 0 Å². The van der Waals surface area contributed by atoms with Crippen LogP contribution in [0.5, 0.6) is 0 Å². The third-order valence-corrected chi connectivity index (χ3v) is 1.97. The average Bonchev–Trinajstić information content (AvgIpc) is 2.42. The molecule has 0 N–H and O–H groups in total. The van der Waals surface area contributed by atoms with Gasteiger partial charge in [0.25, 0.3) is 0 Å². The van der Waals surface area contributed by atoms with Gasteiger partial charge in [-0.2, -0.15) is 0 Å². The smallest absolute Gasteiger partial charge is 0.384 e. The Morgan fingerprint density at radius 1 is 1.17 bits per heavy atom. The molecule has 0 amide bonds. The highest BCUT2D eigenvalue weighted by molar-refractivity contribution is 5.96. The summed E-state index contributed by atoms with van der Waals surface area (Å²) >= 11 is 0. The van der Waals surface area contributed by atoms with Crippen LogP contribution in [0.4, 0.5) is 0 Å². The van der Waals surface area contributed by atoms with Crippen LogP contribution in [0.3, 0.4) is 0 Å². The van der Waals surface area contributed by atoms with E-state index in [0.717, 1.165) is 5.56 Å². The monoisotopic (exact) mass is 240 g/mol. The summed E-state index contributed by atoms with van der Waals surface area (Å²) in [7, 11) is 1.26. The number of carbonyl (C=O) groups excluding carboxylic acids is 2. The summed E-state index contributed by atoms with van der Waals surface area (Å²) in [6.07, 6.45) is 0.515. The molecule has 1 aromatic carbocycles. The highest BCUT2D eigenvalue weighted by Gasteiger charge is 1.95. The number of benzene rings is 1. The second-order valence-electron chi connectivity index (χ2n) is 3.33. The first-order chi connectivity index (χ1) is 8.72. The summed E-state index contributed by atoms with van der Waals surface area (Å²) in [6, 6.07) is 9.26. The Balaban J connectivity index is 2.41. The summed E-state index contributed by atoms with van der Waals surface area (Å²) in [5.41, 5.74) is 0.798. The topological polar surface area (TPSA) is 43.4 Å². The van der Waals surface area contributed by atoms with Crippen molar-refractivity contribution in [3.8, 4) is 23.7 Å². The number of methoxy groups -OCH3 is 1. The van der Waals surface area contributed by atoms with E-state index in [1.165, 1.54) is 7.11 Å². The number of rotatable bonds is 2. The summed E-state index contributed by atoms with van der Waals surface area (Å²) in [5.74, 6) is 9.30. The van der Waals surface area contributed by atoms with Gasteiger partial charge in [0.05, 0.1) is 7.11 Å². The Bertz CT molecular complexity index is 536. The minimum Gasteiger partial charge on any atom is -0.459 e. The summed E-state index contributed by atoms with van der Waals surface area (Å²) in [6.45, 7) is 0. The Morgan fingerprint density at radius 2 is 1.89 bits per heavy atom. The van der Waals surface area contributed by atoms with Gasteiger partial charge >= 0.3 is 5.97 Å². The predicted molar refractivity (Wildman–Crippen MR) is 67.4 cm³/mol. The summed E-state index contributed by atoms with van der Waals surface area (Å²) < 4.78 is 4.34. The fraction of sp³-hybridized carbons (Fsp3) is 0.200. The van der Waals surface area contributed by atoms with Crippen molar-refractivity contribution in [1.29, 1.82) is 0 Å². The van der Waals surface area contributed by atoms with E-state index in [9.17, 15) is 9.59 Å². The number of hydrogen-bond acceptors (Lipinski definition) is 3. The van der Waals surface area contributed by atoms with Crippen molar-refractivity contribution in [2.24, 2.45) is 0 Å². The van der Waals surface area contributed by atoms with Crippen LogP contribution in [-0.2, 0) is 14.3 Å². The molecule has 0 bridgehead atoms. The zero-order valence-electron chi connectivity index (χ0n) is 10.0. The minimum atomic E-state index is -0.599. The fourth-order valence-electron chi connectivity index (χ4n) is 1.09. The number of Topliss-reactive ketones (excluding diaryl/α,β-unsaturated/α-hetero) is 1. The van der Waals surface area contributed by atoms with E-state index in [4.69, 9.17) is 0 Å². The second kappa shape index (κ2) is 7.70. The number of hydrogen-bond donors (Lipinski definition) is 0. The third-order valence-electron chi connectivity index (χ3n) is 1.97. The highest BCUT2D eigenvalue weighted by Crippen LogP contribution is 1.95. The molecule has 0 heterocycles. The minimum absolute atomic E-state index is 0.196. The first kappa shape index (κ1) is 13.5. The number of carbonyl (C=O) groups is 2. The molecule has 3 heteroatoms. The van der Waals surface area contributed by atoms with Gasteiger partial charge in [-0.3, -0.25) is 4.79 Å². The van der Waals surface area contributed by atoms with E-state index < -0.39 is 5.97 Å². The van der Waals surface area contributed by atoms with Crippen molar-refractivity contribution in [2.75, 3.05) is 7.11 Å². The molecule has 0 aliphatic carbocycles. The molecule has 0 saturated heterocycles. The molecule has 1 aromatic rings. The maximum absolute atomic E-state index is 11.4. The van der Waals surface area contributed by atoms with Crippen LogP contribution in [0, 0.1) is 23.7 Å². The van der Waals surface area contributed by atoms with Gasteiger partial charge in [0.15, 0.2) is 0 Å². The Morgan fingerprint density at radius 3 is 2.56 bits per heavy atom. The Kier molecular flexibility index (Phi) is 5.80. The lowest BCUT2D eigenvalue weighted by Crippen LogP contribution is -1.95. The lowest BCUT2D eigenvalue weighted by molar-refractivity contribution is -0.133. The van der Waals surface area contributed by atoms with Gasteiger partial charge in [-0.1, -0.05) is 30.0 Å². The number of ether oxygens (including phenoxy) is 1. The zero-order valence-corrected chi connectivity index (χ0v) is 10.0. The molecule has 1 rings (SSSR count). The third kappa shape index (κ3) is 5.53. The van der Waals surface area contributed by atoms with Gasteiger partial charge in [-0.15, -0.1) is 0 Å². The SMILES string of the molecule is COC(=O)C#CCCC(=O)C#Cc1ccccc1. The van der Waals surface area contributed by atoms with Crippen molar-refractivity contribution in [3.05, 3.63) is 35.9 Å². The van der Waals surface area contributed by atoms with Crippen molar-refractivity contribution in [3.63, 3.8) is 0 Å². The molecule has 0 radical (unpaired) electrons. The molecule has 0 spiro atoms. The van der Waals surface area contributed by atoms with E-state index in [-0.39, 0.29) is 12.2 Å². The van der Waals surface area contributed by atoms with Crippen LogP contribution >= 0.6 is 0 Å².